The maximum Gasteiger partial charge on any atom is 0.135 e. The largest absolute Gasteiger partial charge is 0.456 e. The summed E-state index contributed by atoms with van der Waals surface area (Å²) >= 11 is 0. The van der Waals surface area contributed by atoms with Gasteiger partial charge in [0.2, 0.25) is 0 Å². The van der Waals surface area contributed by atoms with Gasteiger partial charge >= 0.3 is 0 Å². The highest BCUT2D eigenvalue weighted by atomic mass is 31.1. The van der Waals surface area contributed by atoms with Gasteiger partial charge in [-0.25, -0.2) is 0 Å². The van der Waals surface area contributed by atoms with Crippen LogP contribution < -0.4 is 15.3 Å². The average molecular weight is 368 g/mol. The summed E-state index contributed by atoms with van der Waals surface area (Å²) < 4.78 is 6.39. The number of hydrogen-bond acceptors (Lipinski definition) is 1. The van der Waals surface area contributed by atoms with Crippen LogP contribution in [0.4, 0.5) is 0 Å². The molecule has 4 rings (SSSR count). The summed E-state index contributed by atoms with van der Waals surface area (Å²) in [7, 11) is 0.573. The van der Waals surface area contributed by atoms with Gasteiger partial charge in [0.1, 0.15) is 11.5 Å². The molecule has 0 radical (unpaired) electrons. The van der Waals surface area contributed by atoms with Gasteiger partial charge in [0.15, 0.2) is 0 Å². The summed E-state index contributed by atoms with van der Waals surface area (Å²) in [6.45, 7) is 0. The third-order valence-corrected chi connectivity index (χ3v) is 5.67. The molecule has 0 fully saturated rings. The van der Waals surface area contributed by atoms with Crippen molar-refractivity contribution >= 4 is 19.2 Å². The van der Waals surface area contributed by atoms with Crippen LogP contribution in [0.15, 0.2) is 109 Å². The standard InChI is InChI=1S/C25H21OP/c1-3-11-20(12-4-1)19-21-13-7-8-16-23(21)26-24-17-9-10-18-25(24)27-22-14-5-2-6-15-22/h1-18,27H,19H2. The van der Waals surface area contributed by atoms with Crippen LogP contribution in [-0.4, -0.2) is 0 Å². The maximum absolute atomic E-state index is 6.39. The fourth-order valence-electron chi connectivity index (χ4n) is 3.02. The monoisotopic (exact) mass is 368 g/mol. The molecular formula is C25H21OP. The first kappa shape index (κ1) is 17.5. The molecule has 0 aliphatic rings. The first-order valence-electron chi connectivity index (χ1n) is 9.09. The van der Waals surface area contributed by atoms with E-state index in [0.29, 0.717) is 8.58 Å². The molecule has 1 atom stereocenters. The van der Waals surface area contributed by atoms with Crippen molar-refractivity contribution < 1.29 is 4.74 Å². The van der Waals surface area contributed by atoms with Crippen LogP contribution >= 0.6 is 8.58 Å². The van der Waals surface area contributed by atoms with Crippen LogP contribution in [-0.2, 0) is 6.42 Å². The van der Waals surface area contributed by atoms with E-state index in [2.05, 4.69) is 91.0 Å². The van der Waals surface area contributed by atoms with Crippen LogP contribution in [0, 0.1) is 0 Å². The van der Waals surface area contributed by atoms with Gasteiger partial charge in [-0.2, -0.15) is 0 Å². The average Bonchev–Trinajstić information content (AvgIpc) is 2.72. The smallest absolute Gasteiger partial charge is 0.135 e. The van der Waals surface area contributed by atoms with Crippen LogP contribution in [0.5, 0.6) is 11.5 Å². The van der Waals surface area contributed by atoms with Crippen molar-refractivity contribution in [2.45, 2.75) is 6.42 Å². The van der Waals surface area contributed by atoms with Crippen LogP contribution in [0.25, 0.3) is 0 Å². The molecule has 1 unspecified atom stereocenters. The number of benzene rings is 4. The third-order valence-electron chi connectivity index (χ3n) is 4.37. The van der Waals surface area contributed by atoms with Gasteiger partial charge in [-0.15, -0.1) is 0 Å². The molecule has 0 saturated heterocycles. The quantitative estimate of drug-likeness (QED) is 0.397. The molecule has 4 aromatic rings. The molecule has 0 aliphatic carbocycles. The summed E-state index contributed by atoms with van der Waals surface area (Å²) in [5.41, 5.74) is 2.48. The van der Waals surface area contributed by atoms with Gasteiger partial charge in [0, 0.05) is 11.7 Å². The Labute approximate surface area is 162 Å². The lowest BCUT2D eigenvalue weighted by molar-refractivity contribution is 0.481. The Morgan fingerprint density at radius 1 is 0.556 bits per heavy atom. The molecule has 1 nitrogen and oxygen atoms in total. The van der Waals surface area contributed by atoms with E-state index in [1.165, 1.54) is 21.7 Å². The minimum absolute atomic E-state index is 0.573. The Morgan fingerprint density at radius 3 is 1.93 bits per heavy atom. The molecular weight excluding hydrogens is 347 g/mol. The zero-order valence-corrected chi connectivity index (χ0v) is 16.0. The van der Waals surface area contributed by atoms with Crippen molar-refractivity contribution in [1.29, 1.82) is 0 Å². The van der Waals surface area contributed by atoms with Crippen molar-refractivity contribution in [2.24, 2.45) is 0 Å². The minimum Gasteiger partial charge on any atom is -0.456 e. The van der Waals surface area contributed by atoms with Crippen molar-refractivity contribution in [2.75, 3.05) is 0 Å². The number of rotatable bonds is 6. The van der Waals surface area contributed by atoms with Crippen LogP contribution in [0.3, 0.4) is 0 Å². The lowest BCUT2D eigenvalue weighted by atomic mass is 10.0. The molecule has 132 valence electrons. The molecule has 0 saturated carbocycles. The van der Waals surface area contributed by atoms with Gasteiger partial charge in [-0.3, -0.25) is 0 Å². The fourth-order valence-corrected chi connectivity index (χ4v) is 4.13. The summed E-state index contributed by atoms with van der Waals surface area (Å²) in [4.78, 5) is 0. The Morgan fingerprint density at radius 2 is 1.15 bits per heavy atom. The minimum atomic E-state index is 0.573. The fraction of sp³-hybridized carbons (Fsp3) is 0.0400. The van der Waals surface area contributed by atoms with E-state index in [1.54, 1.807) is 0 Å². The lowest BCUT2D eigenvalue weighted by Gasteiger charge is -2.14. The molecule has 4 aromatic carbocycles. The Bertz CT molecular complexity index is 914. The first-order chi connectivity index (χ1) is 13.4. The third kappa shape index (κ3) is 4.64. The maximum atomic E-state index is 6.39. The van der Waals surface area contributed by atoms with Gasteiger partial charge in [0.05, 0.1) is 0 Å². The van der Waals surface area contributed by atoms with Gasteiger partial charge in [-0.05, 0) is 28.6 Å². The number of para-hydroxylation sites is 2. The molecule has 0 N–H and O–H groups in total. The zero-order chi connectivity index (χ0) is 18.3. The van der Waals surface area contributed by atoms with E-state index in [0.717, 1.165) is 17.9 Å². The SMILES string of the molecule is c1ccc(Cc2ccccc2Oc2ccccc2Pc2ccccc2)cc1. The second-order valence-corrected chi connectivity index (χ2v) is 7.73. The normalized spacial score (nSPS) is 11.0. The molecule has 0 heterocycles. The second kappa shape index (κ2) is 8.66. The highest BCUT2D eigenvalue weighted by Crippen LogP contribution is 2.28. The van der Waals surface area contributed by atoms with E-state index in [9.17, 15) is 0 Å². The molecule has 2 heteroatoms. The zero-order valence-electron chi connectivity index (χ0n) is 15.0. The number of hydrogen-bond donors (Lipinski definition) is 0. The van der Waals surface area contributed by atoms with Crippen molar-refractivity contribution in [3.63, 3.8) is 0 Å². The van der Waals surface area contributed by atoms with E-state index < -0.39 is 0 Å². The van der Waals surface area contributed by atoms with E-state index in [1.807, 2.05) is 18.2 Å². The van der Waals surface area contributed by atoms with Gasteiger partial charge in [-0.1, -0.05) is 106 Å². The van der Waals surface area contributed by atoms with Gasteiger partial charge in [0.25, 0.3) is 0 Å². The predicted octanol–water partition coefficient (Wildman–Crippen LogP) is 5.70. The molecule has 0 amide bonds. The Kier molecular flexibility index (Phi) is 5.62. The van der Waals surface area contributed by atoms with E-state index in [4.69, 9.17) is 4.74 Å². The summed E-state index contributed by atoms with van der Waals surface area (Å²) in [6.07, 6.45) is 0.861. The van der Waals surface area contributed by atoms with Crippen molar-refractivity contribution in [3.8, 4) is 11.5 Å². The molecule has 0 bridgehead atoms. The molecule has 0 aliphatic heterocycles. The van der Waals surface area contributed by atoms with Crippen molar-refractivity contribution in [3.05, 3.63) is 120 Å². The highest BCUT2D eigenvalue weighted by molar-refractivity contribution is 7.55. The van der Waals surface area contributed by atoms with Crippen LogP contribution in [0.1, 0.15) is 11.1 Å². The van der Waals surface area contributed by atoms with Crippen LogP contribution in [0.2, 0.25) is 0 Å². The molecule has 0 aromatic heterocycles. The lowest BCUT2D eigenvalue weighted by Crippen LogP contribution is -2.06. The van der Waals surface area contributed by atoms with Crippen molar-refractivity contribution in [1.82, 2.24) is 0 Å². The summed E-state index contributed by atoms with van der Waals surface area (Å²) in [5, 5.41) is 2.53. The predicted molar refractivity (Wildman–Crippen MR) is 116 cm³/mol. The highest BCUT2D eigenvalue weighted by Gasteiger charge is 2.09. The Hall–Kier alpha value is -2.89. The first-order valence-corrected chi connectivity index (χ1v) is 10.1. The van der Waals surface area contributed by atoms with Gasteiger partial charge < -0.3 is 4.74 Å². The molecule has 0 spiro atoms. The topological polar surface area (TPSA) is 9.23 Å². The van der Waals surface area contributed by atoms with E-state index >= 15 is 0 Å². The summed E-state index contributed by atoms with van der Waals surface area (Å²) in [5.74, 6) is 1.85. The Balaban J connectivity index is 1.60. The van der Waals surface area contributed by atoms with E-state index in [-0.39, 0.29) is 0 Å². The summed E-state index contributed by atoms with van der Waals surface area (Å²) in [6, 6.07) is 37.7. The second-order valence-electron chi connectivity index (χ2n) is 6.36. The number of ether oxygens (including phenoxy) is 1. The molecule has 27 heavy (non-hydrogen) atoms.